The summed E-state index contributed by atoms with van der Waals surface area (Å²) in [5.41, 5.74) is 31.0. The van der Waals surface area contributed by atoms with Crippen LogP contribution in [0.2, 0.25) is 0 Å². The zero-order valence-corrected chi connectivity index (χ0v) is 53.1. The Kier molecular flexibility index (Phi) is 11.5. The SMILES string of the molecule is CC(C)(C)c1cc(N2c3cc4c(cc3B3c5cc6c(cc5N(c5ccc7c(c5)C(C)(C)CCC7(C)C)c5cc(N(c7ccccc7)c7ccccc7)cc2c53)C(C)(C)CCC6(C)C)C(C)(C)CCC4(C)C)cc2c1C(C)(C)c1ccccc1-2. The van der Waals surface area contributed by atoms with Gasteiger partial charge in [-0.3, -0.25) is 0 Å². The van der Waals surface area contributed by atoms with Crippen LogP contribution in [-0.2, 0) is 43.3 Å². The first kappa shape index (κ1) is 54.2. The molecule has 0 radical (unpaired) electrons. The van der Waals surface area contributed by atoms with Gasteiger partial charge in [0, 0.05) is 50.9 Å². The predicted molar refractivity (Wildman–Crippen MR) is 357 cm³/mol. The lowest BCUT2D eigenvalue weighted by atomic mass is 9.32. The molecule has 83 heavy (non-hydrogen) atoms. The molecule has 2 heterocycles. The summed E-state index contributed by atoms with van der Waals surface area (Å²) in [7, 11) is 0. The van der Waals surface area contributed by atoms with Crippen molar-refractivity contribution in [2.24, 2.45) is 0 Å². The van der Waals surface area contributed by atoms with Crippen LogP contribution >= 0.6 is 0 Å². The molecule has 0 atom stereocenters. The van der Waals surface area contributed by atoms with Crippen molar-refractivity contribution < 1.29 is 0 Å². The zero-order valence-electron chi connectivity index (χ0n) is 53.1. The number of nitrogens with zero attached hydrogens (tertiary/aromatic N) is 3. The molecule has 0 fully saturated rings. The summed E-state index contributed by atoms with van der Waals surface area (Å²) in [5, 5.41) is 0. The summed E-state index contributed by atoms with van der Waals surface area (Å²) < 4.78 is 0. The third kappa shape index (κ3) is 8.02. The van der Waals surface area contributed by atoms with Gasteiger partial charge in [0.05, 0.1) is 5.69 Å². The second-order valence-electron chi connectivity index (χ2n) is 31.8. The van der Waals surface area contributed by atoms with E-state index in [1.165, 1.54) is 118 Å². The van der Waals surface area contributed by atoms with Gasteiger partial charge >= 0.3 is 0 Å². The minimum Gasteiger partial charge on any atom is -0.311 e. The van der Waals surface area contributed by atoms with Crippen molar-refractivity contribution in [1.82, 2.24) is 0 Å². The highest BCUT2D eigenvalue weighted by molar-refractivity contribution is 7.00. The molecular weight excluding hydrogens is 1000 g/mol. The Bertz CT molecular complexity index is 3970. The fraction of sp³-hybridized carbons (Fsp3) is 0.392. The minimum absolute atomic E-state index is 0.000407. The van der Waals surface area contributed by atoms with Crippen molar-refractivity contribution in [3.63, 3.8) is 0 Å². The van der Waals surface area contributed by atoms with E-state index in [2.05, 4.69) is 284 Å². The quantitative estimate of drug-likeness (QED) is 0.159. The van der Waals surface area contributed by atoms with Gasteiger partial charge in [-0.25, -0.2) is 0 Å². The Morgan fingerprint density at radius 3 is 1.27 bits per heavy atom. The first-order chi connectivity index (χ1) is 39.0. The van der Waals surface area contributed by atoms with E-state index in [9.17, 15) is 0 Å². The molecule has 0 aromatic heterocycles. The first-order valence-corrected chi connectivity index (χ1v) is 31.5. The van der Waals surface area contributed by atoms with E-state index in [1.54, 1.807) is 0 Å². The van der Waals surface area contributed by atoms with Crippen LogP contribution in [0.5, 0.6) is 0 Å². The highest BCUT2D eigenvalue weighted by atomic mass is 15.2. The molecule has 0 saturated carbocycles. The number of rotatable bonds is 5. The summed E-state index contributed by atoms with van der Waals surface area (Å²) >= 11 is 0. The molecule has 3 nitrogen and oxygen atoms in total. The highest BCUT2D eigenvalue weighted by Gasteiger charge is 2.50. The first-order valence-electron chi connectivity index (χ1n) is 31.5. The van der Waals surface area contributed by atoms with Crippen LogP contribution in [0.1, 0.15) is 206 Å². The molecule has 8 aromatic rings. The van der Waals surface area contributed by atoms with Gasteiger partial charge in [-0.1, -0.05) is 197 Å². The predicted octanol–water partition coefficient (Wildman–Crippen LogP) is 19.9. The van der Waals surface area contributed by atoms with Gasteiger partial charge in [-0.2, -0.15) is 0 Å². The van der Waals surface area contributed by atoms with Gasteiger partial charge in [0.1, 0.15) is 0 Å². The van der Waals surface area contributed by atoms with E-state index >= 15 is 0 Å². The van der Waals surface area contributed by atoms with E-state index < -0.39 is 0 Å². The number of anilines is 9. The number of hydrogen-bond donors (Lipinski definition) is 0. The molecule has 6 aliphatic rings. The molecular formula is C79H88BN3. The second-order valence-corrected chi connectivity index (χ2v) is 31.8. The van der Waals surface area contributed by atoms with Crippen LogP contribution in [0.25, 0.3) is 11.1 Å². The monoisotopic (exact) mass is 1090 g/mol. The number of benzene rings is 8. The van der Waals surface area contributed by atoms with Crippen molar-refractivity contribution in [2.45, 2.75) is 200 Å². The van der Waals surface area contributed by atoms with Crippen LogP contribution in [0.4, 0.5) is 51.2 Å². The minimum atomic E-state index is -0.165. The van der Waals surface area contributed by atoms with E-state index in [0.717, 1.165) is 49.2 Å². The summed E-state index contributed by atoms with van der Waals surface area (Å²) in [5.74, 6) is 0. The standard InChI is InChI=1S/C79H88BN3/c1-72(2,3)63-42-52(40-55-54-30-24-25-31-56(54)79(16,17)70(55)63)83-67-48-62-60(76(10,11)37-39-78(62,14)15)46-65(67)80-64-45-59-61(77(12,13)38-36-75(59,8)9)47-66(64)82(51-32-33-57-58(41-51)74(6,7)35-34-73(57,4)5)68-43-53(44-69(83)71(68)80)81(49-26-20-18-21-27-49)50-28-22-19-23-29-50/h18-33,40-48H,34-39H2,1-17H3. The second kappa shape index (κ2) is 17.7. The van der Waals surface area contributed by atoms with Gasteiger partial charge in [-0.15, -0.1) is 0 Å². The fourth-order valence-electron chi connectivity index (χ4n) is 16.7. The molecule has 0 spiro atoms. The molecule has 2 aliphatic heterocycles. The summed E-state index contributed by atoms with van der Waals surface area (Å²) in [6.07, 6.45) is 6.94. The molecule has 4 aliphatic carbocycles. The maximum absolute atomic E-state index is 2.77. The lowest BCUT2D eigenvalue weighted by Gasteiger charge is -2.49. The Labute approximate surface area is 498 Å². The highest BCUT2D eigenvalue weighted by Crippen LogP contribution is 2.58. The summed E-state index contributed by atoms with van der Waals surface area (Å²) in [6.45, 7) is 42.2. The maximum Gasteiger partial charge on any atom is 0.252 e. The van der Waals surface area contributed by atoms with Gasteiger partial charge < -0.3 is 14.7 Å². The maximum atomic E-state index is 2.77. The van der Waals surface area contributed by atoms with Crippen LogP contribution in [0.15, 0.2) is 152 Å². The third-order valence-electron chi connectivity index (χ3n) is 22.1. The Morgan fingerprint density at radius 2 is 0.783 bits per heavy atom. The van der Waals surface area contributed by atoms with Gasteiger partial charge in [0.25, 0.3) is 6.71 Å². The molecule has 14 rings (SSSR count). The normalized spacial score (nSPS) is 19.9. The van der Waals surface area contributed by atoms with Gasteiger partial charge in [0.15, 0.2) is 0 Å². The van der Waals surface area contributed by atoms with Crippen molar-refractivity contribution in [3.05, 3.63) is 202 Å². The average Bonchev–Trinajstić information content (AvgIpc) is 1.36. The molecule has 0 unspecified atom stereocenters. The number of hydrogen-bond acceptors (Lipinski definition) is 3. The smallest absolute Gasteiger partial charge is 0.252 e. The van der Waals surface area contributed by atoms with Crippen molar-refractivity contribution in [1.29, 1.82) is 0 Å². The lowest BCUT2D eigenvalue weighted by Crippen LogP contribution is -2.62. The largest absolute Gasteiger partial charge is 0.311 e. The van der Waals surface area contributed by atoms with E-state index in [1.807, 2.05) is 0 Å². The molecule has 0 bridgehead atoms. The van der Waals surface area contributed by atoms with Crippen LogP contribution < -0.4 is 31.1 Å². The summed E-state index contributed by atoms with van der Waals surface area (Å²) in [4.78, 5) is 8.05. The Hall–Kier alpha value is -6.78. The van der Waals surface area contributed by atoms with Crippen LogP contribution in [-0.4, -0.2) is 6.71 Å². The van der Waals surface area contributed by atoms with Crippen molar-refractivity contribution in [2.75, 3.05) is 14.7 Å². The van der Waals surface area contributed by atoms with E-state index in [4.69, 9.17) is 0 Å². The van der Waals surface area contributed by atoms with Gasteiger partial charge in [-0.05, 0) is 227 Å². The Balaban J connectivity index is 1.18. The van der Waals surface area contributed by atoms with Gasteiger partial charge in [0.2, 0.25) is 0 Å². The van der Waals surface area contributed by atoms with Crippen molar-refractivity contribution >= 4 is 74.3 Å². The molecule has 422 valence electrons. The molecule has 0 N–H and O–H groups in total. The third-order valence-corrected chi connectivity index (χ3v) is 22.1. The zero-order chi connectivity index (χ0) is 58.5. The molecule has 8 aromatic carbocycles. The number of para-hydroxylation sites is 2. The molecule has 0 saturated heterocycles. The van der Waals surface area contributed by atoms with Crippen LogP contribution in [0, 0.1) is 0 Å². The fourth-order valence-corrected chi connectivity index (χ4v) is 16.7. The topological polar surface area (TPSA) is 9.72 Å². The molecule has 4 heteroatoms. The van der Waals surface area contributed by atoms with Crippen molar-refractivity contribution in [3.8, 4) is 11.1 Å². The van der Waals surface area contributed by atoms with Crippen LogP contribution in [0.3, 0.4) is 0 Å². The lowest BCUT2D eigenvalue weighted by molar-refractivity contribution is 0.332. The van der Waals surface area contributed by atoms with E-state index in [-0.39, 0.29) is 50.0 Å². The number of fused-ring (bicyclic) bond motifs is 10. The Morgan fingerprint density at radius 1 is 0.361 bits per heavy atom. The average molecular weight is 1090 g/mol. The summed E-state index contributed by atoms with van der Waals surface area (Å²) in [6, 6.07) is 60.5. The molecule has 0 amide bonds. The van der Waals surface area contributed by atoms with E-state index in [0.29, 0.717) is 0 Å².